The van der Waals surface area contributed by atoms with E-state index in [2.05, 4.69) is 0 Å². The molecular weight excluding hydrogens is 452 g/mol. The van der Waals surface area contributed by atoms with Crippen molar-refractivity contribution in [3.63, 3.8) is 0 Å². The number of hydrogen-bond acceptors (Lipinski definition) is 4. The van der Waals surface area contributed by atoms with E-state index in [0.717, 1.165) is 27.1 Å². The molecule has 0 aromatic heterocycles. The molecule has 1 heterocycles. The molecule has 1 aliphatic heterocycles. The van der Waals surface area contributed by atoms with Crippen LogP contribution in [0.15, 0.2) is 40.1 Å². The fraction of sp³-hybridized carbons (Fsp3) is 0.435. The lowest BCUT2D eigenvalue weighted by molar-refractivity contribution is -0.131. The molecule has 1 saturated heterocycles. The maximum atomic E-state index is 13.4. The summed E-state index contributed by atoms with van der Waals surface area (Å²) in [5.41, 5.74) is 3.57. The molecule has 1 aliphatic rings. The number of carbonyl (C=O) groups excluding carboxylic acids is 1. The second-order valence-corrected chi connectivity index (χ2v) is 11.4. The topological polar surface area (TPSA) is 57.7 Å². The number of nitrogens with zero attached hydrogens (tertiary/aromatic N) is 2. The molecule has 0 aliphatic carbocycles. The minimum absolute atomic E-state index is 0.0669. The molecule has 2 aromatic carbocycles. The third kappa shape index (κ3) is 5.45. The van der Waals surface area contributed by atoms with Crippen molar-refractivity contribution in [3.8, 4) is 0 Å². The van der Waals surface area contributed by atoms with Crippen LogP contribution in [0.25, 0.3) is 0 Å². The lowest BCUT2D eigenvalue weighted by Crippen LogP contribution is -2.50. The van der Waals surface area contributed by atoms with Crippen LogP contribution in [0.4, 0.5) is 0 Å². The van der Waals surface area contributed by atoms with Crippen molar-refractivity contribution in [2.75, 3.05) is 31.9 Å². The molecular formula is C23H29ClN2O3S2. The van der Waals surface area contributed by atoms with Gasteiger partial charge in [0.2, 0.25) is 15.9 Å². The molecule has 1 fully saturated rings. The van der Waals surface area contributed by atoms with E-state index in [1.807, 2.05) is 58.0 Å². The van der Waals surface area contributed by atoms with Gasteiger partial charge in [-0.25, -0.2) is 8.42 Å². The summed E-state index contributed by atoms with van der Waals surface area (Å²) in [6, 6.07) is 9.59. The highest BCUT2D eigenvalue weighted by atomic mass is 35.5. The number of amides is 1. The van der Waals surface area contributed by atoms with Gasteiger partial charge in [0.25, 0.3) is 0 Å². The zero-order valence-electron chi connectivity index (χ0n) is 18.4. The zero-order valence-corrected chi connectivity index (χ0v) is 20.8. The first-order valence-corrected chi connectivity index (χ1v) is 13.2. The largest absolute Gasteiger partial charge is 0.340 e. The maximum Gasteiger partial charge on any atom is 0.243 e. The normalized spacial score (nSPS) is 15.3. The molecule has 2 aromatic rings. The van der Waals surface area contributed by atoms with Crippen molar-refractivity contribution < 1.29 is 13.2 Å². The van der Waals surface area contributed by atoms with Gasteiger partial charge in [-0.15, -0.1) is 11.8 Å². The number of sulfonamides is 1. The minimum atomic E-state index is -3.59. The first-order valence-electron chi connectivity index (χ1n) is 10.3. The van der Waals surface area contributed by atoms with Crippen LogP contribution in [0, 0.1) is 27.7 Å². The highest BCUT2D eigenvalue weighted by Crippen LogP contribution is 2.29. The molecule has 31 heavy (non-hydrogen) atoms. The number of thioether (sulfide) groups is 1. The Morgan fingerprint density at radius 3 is 2.06 bits per heavy atom. The summed E-state index contributed by atoms with van der Waals surface area (Å²) >= 11 is 7.51. The number of halogens is 1. The van der Waals surface area contributed by atoms with Crippen LogP contribution in [0.5, 0.6) is 0 Å². The van der Waals surface area contributed by atoms with Gasteiger partial charge >= 0.3 is 0 Å². The summed E-state index contributed by atoms with van der Waals surface area (Å²) in [5.74, 6) is 0.747. The second-order valence-electron chi connectivity index (χ2n) is 7.93. The number of benzene rings is 2. The van der Waals surface area contributed by atoms with Crippen molar-refractivity contribution in [1.29, 1.82) is 0 Å². The average Bonchev–Trinajstić information content (AvgIpc) is 2.74. The number of hydrogen-bond donors (Lipinski definition) is 0. The van der Waals surface area contributed by atoms with E-state index >= 15 is 0 Å². The van der Waals surface area contributed by atoms with Crippen LogP contribution in [0.1, 0.15) is 28.7 Å². The summed E-state index contributed by atoms with van der Waals surface area (Å²) in [5, 5.41) is 0.694. The fourth-order valence-corrected chi connectivity index (χ4v) is 6.78. The summed E-state index contributed by atoms with van der Waals surface area (Å²) in [7, 11) is -3.59. The third-order valence-electron chi connectivity index (χ3n) is 5.88. The molecule has 8 heteroatoms. The van der Waals surface area contributed by atoms with Gasteiger partial charge in [0, 0.05) is 48.3 Å². The van der Waals surface area contributed by atoms with E-state index in [0.29, 0.717) is 48.3 Å². The van der Waals surface area contributed by atoms with Gasteiger partial charge in [-0.05, 0) is 74.2 Å². The highest BCUT2D eigenvalue weighted by molar-refractivity contribution is 7.99. The van der Waals surface area contributed by atoms with Crippen molar-refractivity contribution in [2.24, 2.45) is 0 Å². The van der Waals surface area contributed by atoms with E-state index in [4.69, 9.17) is 11.6 Å². The van der Waals surface area contributed by atoms with Gasteiger partial charge in [-0.1, -0.05) is 17.7 Å². The summed E-state index contributed by atoms with van der Waals surface area (Å²) in [6.07, 6.45) is 0.426. The lowest BCUT2D eigenvalue weighted by atomic mass is 10.0. The van der Waals surface area contributed by atoms with E-state index in [1.165, 1.54) is 4.31 Å². The molecule has 0 saturated carbocycles. The van der Waals surface area contributed by atoms with Crippen molar-refractivity contribution >= 4 is 39.3 Å². The van der Waals surface area contributed by atoms with E-state index in [1.54, 1.807) is 16.7 Å². The Morgan fingerprint density at radius 2 is 1.52 bits per heavy atom. The smallest absolute Gasteiger partial charge is 0.243 e. The quantitative estimate of drug-likeness (QED) is 0.567. The third-order valence-corrected chi connectivity index (χ3v) is 9.32. The second kappa shape index (κ2) is 9.94. The lowest BCUT2D eigenvalue weighted by Gasteiger charge is -2.35. The Hall–Kier alpha value is -1.54. The molecule has 1 amide bonds. The molecule has 5 nitrogen and oxygen atoms in total. The first kappa shape index (κ1) is 24.1. The van der Waals surface area contributed by atoms with Gasteiger partial charge in [-0.3, -0.25) is 4.79 Å². The number of rotatable bonds is 6. The Balaban J connectivity index is 1.59. The Labute approximate surface area is 194 Å². The van der Waals surface area contributed by atoms with Crippen LogP contribution in [-0.4, -0.2) is 55.5 Å². The van der Waals surface area contributed by atoms with Crippen molar-refractivity contribution in [1.82, 2.24) is 9.21 Å². The molecule has 0 spiro atoms. The van der Waals surface area contributed by atoms with Gasteiger partial charge in [0.1, 0.15) is 0 Å². The Bertz CT molecular complexity index is 1030. The van der Waals surface area contributed by atoms with Gasteiger partial charge in [0.15, 0.2) is 0 Å². The van der Waals surface area contributed by atoms with E-state index in [9.17, 15) is 13.2 Å². The minimum Gasteiger partial charge on any atom is -0.340 e. The van der Waals surface area contributed by atoms with Crippen LogP contribution < -0.4 is 0 Å². The van der Waals surface area contributed by atoms with E-state index < -0.39 is 10.0 Å². The van der Waals surface area contributed by atoms with E-state index in [-0.39, 0.29) is 5.91 Å². The molecule has 0 atom stereocenters. The standard InChI is InChI=1S/C23H29ClN2O3S2/c1-16-15-17(2)19(4)23(18(16)3)31(28,29)26-12-10-25(11-13-26)22(27)9-14-30-21-7-5-20(24)6-8-21/h5-8,15H,9-14H2,1-4H3. The summed E-state index contributed by atoms with van der Waals surface area (Å²) in [6.45, 7) is 9.12. The predicted octanol–water partition coefficient (Wildman–Crippen LogP) is 4.59. The molecule has 3 rings (SSSR count). The molecule has 168 valence electrons. The number of aryl methyl sites for hydroxylation is 2. The monoisotopic (exact) mass is 480 g/mol. The molecule has 0 N–H and O–H groups in total. The summed E-state index contributed by atoms with van der Waals surface area (Å²) in [4.78, 5) is 15.9. The van der Waals surface area contributed by atoms with Crippen LogP contribution >= 0.6 is 23.4 Å². The molecule has 0 unspecified atom stereocenters. The Kier molecular flexibility index (Phi) is 7.73. The first-order chi connectivity index (χ1) is 14.6. The molecule has 0 radical (unpaired) electrons. The summed E-state index contributed by atoms with van der Waals surface area (Å²) < 4.78 is 28.3. The fourth-order valence-electron chi connectivity index (χ4n) is 3.82. The van der Waals surface area contributed by atoms with Crippen LogP contribution in [-0.2, 0) is 14.8 Å². The number of piperazine rings is 1. The SMILES string of the molecule is Cc1cc(C)c(C)c(S(=O)(=O)N2CCN(C(=O)CCSc3ccc(Cl)cc3)CC2)c1C. The Morgan fingerprint density at radius 1 is 0.968 bits per heavy atom. The van der Waals surface area contributed by atoms with Crippen molar-refractivity contribution in [3.05, 3.63) is 57.6 Å². The van der Waals surface area contributed by atoms with Crippen molar-refractivity contribution in [2.45, 2.75) is 43.9 Å². The number of carbonyl (C=O) groups is 1. The van der Waals surface area contributed by atoms with Crippen LogP contribution in [0.2, 0.25) is 5.02 Å². The predicted molar refractivity (Wildman–Crippen MR) is 128 cm³/mol. The van der Waals surface area contributed by atoms with Gasteiger partial charge < -0.3 is 4.90 Å². The maximum absolute atomic E-state index is 13.4. The van der Waals surface area contributed by atoms with Crippen LogP contribution in [0.3, 0.4) is 0 Å². The molecule has 0 bridgehead atoms. The average molecular weight is 481 g/mol. The van der Waals surface area contributed by atoms with Gasteiger partial charge in [-0.2, -0.15) is 4.31 Å². The highest BCUT2D eigenvalue weighted by Gasteiger charge is 2.32. The zero-order chi connectivity index (χ0) is 22.8. The van der Waals surface area contributed by atoms with Gasteiger partial charge in [0.05, 0.1) is 4.90 Å².